The molecule has 0 bridgehead atoms. The molecule has 0 aromatic heterocycles. The third-order valence-electron chi connectivity index (χ3n) is 4.63. The lowest BCUT2D eigenvalue weighted by molar-refractivity contribution is -0.141. The highest BCUT2D eigenvalue weighted by Gasteiger charge is 2.22. The number of esters is 1. The fourth-order valence-electron chi connectivity index (χ4n) is 3.12. The van der Waals surface area contributed by atoms with Gasteiger partial charge in [0.2, 0.25) is 0 Å². The molecule has 0 spiro atoms. The first-order chi connectivity index (χ1) is 14.0. The van der Waals surface area contributed by atoms with Crippen molar-refractivity contribution in [2.75, 3.05) is 42.2 Å². The number of hydrogen-bond acceptors (Lipinski definition) is 7. The first-order valence-electron chi connectivity index (χ1n) is 9.11. The summed E-state index contributed by atoms with van der Waals surface area (Å²) >= 11 is 0. The lowest BCUT2D eigenvalue weighted by atomic mass is 9.91. The summed E-state index contributed by atoms with van der Waals surface area (Å²) in [5.74, 6) is 2.63. The number of rotatable bonds is 10. The Balaban J connectivity index is 2.48. The van der Waals surface area contributed by atoms with E-state index in [4.69, 9.17) is 28.4 Å². The Morgan fingerprint density at radius 3 is 1.86 bits per heavy atom. The lowest BCUT2D eigenvalue weighted by Gasteiger charge is -2.22. The van der Waals surface area contributed by atoms with Gasteiger partial charge < -0.3 is 28.4 Å². The lowest BCUT2D eigenvalue weighted by Crippen LogP contribution is -2.15. The molecule has 0 radical (unpaired) electrons. The summed E-state index contributed by atoms with van der Waals surface area (Å²) < 4.78 is 32.5. The molecule has 29 heavy (non-hydrogen) atoms. The number of ether oxygens (including phenoxy) is 6. The van der Waals surface area contributed by atoms with Crippen molar-refractivity contribution in [3.05, 3.63) is 41.5 Å². The second kappa shape index (κ2) is 10.5. The van der Waals surface area contributed by atoms with Gasteiger partial charge in [-0.15, -0.1) is 0 Å². The van der Waals surface area contributed by atoms with Crippen LogP contribution in [0.5, 0.6) is 28.7 Å². The molecule has 2 aromatic rings. The minimum Gasteiger partial charge on any atom is -0.496 e. The van der Waals surface area contributed by atoms with Crippen molar-refractivity contribution in [1.82, 2.24) is 0 Å². The maximum Gasteiger partial charge on any atom is 0.302 e. The first-order valence-corrected chi connectivity index (χ1v) is 9.11. The highest BCUT2D eigenvalue weighted by molar-refractivity contribution is 5.66. The van der Waals surface area contributed by atoms with Crippen molar-refractivity contribution in [3.63, 3.8) is 0 Å². The van der Waals surface area contributed by atoms with E-state index in [1.54, 1.807) is 47.7 Å². The van der Waals surface area contributed by atoms with E-state index in [9.17, 15) is 4.79 Å². The van der Waals surface area contributed by atoms with Gasteiger partial charge >= 0.3 is 5.97 Å². The number of hydrogen-bond donors (Lipinski definition) is 0. The molecule has 1 atom stereocenters. The quantitative estimate of drug-likeness (QED) is 0.560. The second-order valence-electron chi connectivity index (χ2n) is 6.33. The molecule has 0 aliphatic carbocycles. The Morgan fingerprint density at radius 2 is 1.38 bits per heavy atom. The number of benzene rings is 2. The third-order valence-corrected chi connectivity index (χ3v) is 4.63. The summed E-state index contributed by atoms with van der Waals surface area (Å²) in [6, 6.07) is 9.25. The van der Waals surface area contributed by atoms with Gasteiger partial charge in [-0.25, -0.2) is 0 Å². The van der Waals surface area contributed by atoms with Crippen molar-refractivity contribution < 1.29 is 33.2 Å². The Labute approximate surface area is 171 Å². The van der Waals surface area contributed by atoms with Gasteiger partial charge in [-0.05, 0) is 24.1 Å². The van der Waals surface area contributed by atoms with Crippen LogP contribution >= 0.6 is 0 Å². The van der Waals surface area contributed by atoms with Gasteiger partial charge in [0.1, 0.15) is 17.2 Å². The van der Waals surface area contributed by atoms with Crippen molar-refractivity contribution >= 4 is 5.97 Å². The van der Waals surface area contributed by atoms with Crippen molar-refractivity contribution in [2.45, 2.75) is 19.3 Å². The van der Waals surface area contributed by atoms with Gasteiger partial charge in [-0.3, -0.25) is 4.79 Å². The number of carbonyl (C=O) groups is 1. The zero-order valence-electron chi connectivity index (χ0n) is 17.7. The summed E-state index contributed by atoms with van der Waals surface area (Å²) in [5.41, 5.74) is 1.78. The summed E-state index contributed by atoms with van der Waals surface area (Å²) in [4.78, 5) is 11.5. The van der Waals surface area contributed by atoms with E-state index in [2.05, 4.69) is 0 Å². The standard InChI is InChI=1S/C22H28O7/c1-14(23)29-13-16(15-7-8-19(25-3)22(10-15)28-6)9-18-20(26-4)11-17(24-2)12-21(18)27-5/h7-8,10-12,16H,9,13H2,1-6H3/t16-/m0/s1. The van der Waals surface area contributed by atoms with Crippen LogP contribution in [0.15, 0.2) is 30.3 Å². The molecule has 0 aliphatic heterocycles. The minimum atomic E-state index is -0.343. The predicted molar refractivity (Wildman–Crippen MR) is 109 cm³/mol. The number of carbonyl (C=O) groups excluding carboxylic acids is 1. The van der Waals surface area contributed by atoms with E-state index >= 15 is 0 Å². The fraction of sp³-hybridized carbons (Fsp3) is 0.409. The molecule has 0 aliphatic rings. The summed E-state index contributed by atoms with van der Waals surface area (Å²) in [7, 11) is 7.94. The van der Waals surface area contributed by atoms with Gasteiger partial charge in [0.25, 0.3) is 0 Å². The molecule has 7 nitrogen and oxygen atoms in total. The fourth-order valence-corrected chi connectivity index (χ4v) is 3.12. The molecule has 7 heteroatoms. The summed E-state index contributed by atoms with van der Waals surface area (Å²) in [5, 5.41) is 0. The molecule has 0 unspecified atom stereocenters. The highest BCUT2D eigenvalue weighted by atomic mass is 16.5. The van der Waals surface area contributed by atoms with Crippen LogP contribution in [0.4, 0.5) is 0 Å². The van der Waals surface area contributed by atoms with Crippen molar-refractivity contribution in [1.29, 1.82) is 0 Å². The van der Waals surface area contributed by atoms with E-state index in [0.29, 0.717) is 35.2 Å². The average molecular weight is 404 g/mol. The van der Waals surface area contributed by atoms with Gasteiger partial charge in [0.15, 0.2) is 11.5 Å². The van der Waals surface area contributed by atoms with E-state index in [1.165, 1.54) is 6.92 Å². The van der Waals surface area contributed by atoms with Crippen LogP contribution in [0, 0.1) is 0 Å². The zero-order valence-corrected chi connectivity index (χ0v) is 17.7. The molecule has 2 rings (SSSR count). The van der Waals surface area contributed by atoms with Crippen LogP contribution in [0.25, 0.3) is 0 Å². The van der Waals surface area contributed by atoms with E-state index in [0.717, 1.165) is 11.1 Å². The van der Waals surface area contributed by atoms with Crippen LogP contribution in [-0.4, -0.2) is 48.1 Å². The zero-order chi connectivity index (χ0) is 21.4. The molecule has 158 valence electrons. The third kappa shape index (κ3) is 5.47. The molecule has 0 heterocycles. The largest absolute Gasteiger partial charge is 0.496 e. The van der Waals surface area contributed by atoms with Crippen molar-refractivity contribution in [3.8, 4) is 28.7 Å². The monoisotopic (exact) mass is 404 g/mol. The molecule has 0 saturated carbocycles. The summed E-state index contributed by atoms with van der Waals surface area (Å²) in [6.07, 6.45) is 0.513. The maximum absolute atomic E-state index is 11.5. The Morgan fingerprint density at radius 1 is 0.793 bits per heavy atom. The maximum atomic E-state index is 11.5. The van der Waals surface area contributed by atoms with Crippen LogP contribution < -0.4 is 23.7 Å². The molecule has 0 amide bonds. The Kier molecular flexibility index (Phi) is 8.00. The van der Waals surface area contributed by atoms with E-state index in [1.807, 2.05) is 18.2 Å². The Bertz CT molecular complexity index is 807. The molecule has 2 aromatic carbocycles. The summed E-state index contributed by atoms with van der Waals surface area (Å²) in [6.45, 7) is 1.59. The molecule has 0 fully saturated rings. The molecular weight excluding hydrogens is 376 g/mol. The topological polar surface area (TPSA) is 72.5 Å². The van der Waals surface area contributed by atoms with Crippen LogP contribution in [-0.2, 0) is 16.0 Å². The number of methoxy groups -OCH3 is 5. The second-order valence-corrected chi connectivity index (χ2v) is 6.33. The molecule has 0 N–H and O–H groups in total. The highest BCUT2D eigenvalue weighted by Crippen LogP contribution is 2.39. The van der Waals surface area contributed by atoms with Crippen LogP contribution in [0.1, 0.15) is 24.0 Å². The van der Waals surface area contributed by atoms with E-state index in [-0.39, 0.29) is 18.5 Å². The first kappa shape index (κ1) is 22.2. The SMILES string of the molecule is COc1cc(OC)c(C[C@@H](COC(C)=O)c2ccc(OC)c(OC)c2)c(OC)c1. The van der Waals surface area contributed by atoms with Gasteiger partial charge in [-0.2, -0.15) is 0 Å². The van der Waals surface area contributed by atoms with Gasteiger partial charge in [0, 0.05) is 30.5 Å². The smallest absolute Gasteiger partial charge is 0.302 e. The van der Waals surface area contributed by atoms with Gasteiger partial charge in [0.05, 0.1) is 42.2 Å². The average Bonchev–Trinajstić information content (AvgIpc) is 2.75. The molecular formula is C22H28O7. The minimum absolute atomic E-state index is 0.157. The van der Waals surface area contributed by atoms with Crippen molar-refractivity contribution in [2.24, 2.45) is 0 Å². The molecule has 0 saturated heterocycles. The van der Waals surface area contributed by atoms with Gasteiger partial charge in [-0.1, -0.05) is 6.07 Å². The Hall–Kier alpha value is -3.09. The predicted octanol–water partition coefficient (Wildman–Crippen LogP) is 3.62. The van der Waals surface area contributed by atoms with E-state index < -0.39 is 0 Å². The van der Waals surface area contributed by atoms with Crippen LogP contribution in [0.3, 0.4) is 0 Å². The normalized spacial score (nSPS) is 11.4. The van der Waals surface area contributed by atoms with Crippen LogP contribution in [0.2, 0.25) is 0 Å².